The van der Waals surface area contributed by atoms with Crippen molar-refractivity contribution in [1.29, 1.82) is 0 Å². The molecule has 2 rings (SSSR count). The summed E-state index contributed by atoms with van der Waals surface area (Å²) >= 11 is 2.10. The first-order chi connectivity index (χ1) is 8.15. The molecule has 0 aliphatic carbocycles. The van der Waals surface area contributed by atoms with Crippen molar-refractivity contribution in [3.05, 3.63) is 18.2 Å². The second-order valence-electron chi connectivity index (χ2n) is 5.12. The molecule has 0 aromatic carbocycles. The molecule has 0 amide bonds. The summed E-state index contributed by atoms with van der Waals surface area (Å²) in [4.78, 5) is 4.55. The van der Waals surface area contributed by atoms with Crippen LogP contribution in [0.15, 0.2) is 12.5 Å². The maximum Gasteiger partial charge on any atom is 0.0947 e. The lowest BCUT2D eigenvalue weighted by Gasteiger charge is -2.33. The summed E-state index contributed by atoms with van der Waals surface area (Å²) in [6.07, 6.45) is 7.84. The first-order valence-electron chi connectivity index (χ1n) is 6.51. The Hall–Kier alpha value is -0.480. The lowest BCUT2D eigenvalue weighted by atomic mass is 9.93. The molecule has 2 heterocycles. The molecule has 0 radical (unpaired) electrons. The quantitative estimate of drug-likeness (QED) is 0.875. The Labute approximate surface area is 108 Å². The minimum atomic E-state index is 0.309. The van der Waals surface area contributed by atoms with Crippen molar-refractivity contribution in [3.63, 3.8) is 0 Å². The largest absolute Gasteiger partial charge is 0.340 e. The lowest BCUT2D eigenvalue weighted by Crippen LogP contribution is -2.38. The van der Waals surface area contributed by atoms with Gasteiger partial charge in [-0.25, -0.2) is 4.98 Å². The number of hydrogen-bond donors (Lipinski definition) is 1. The van der Waals surface area contributed by atoms with Crippen LogP contribution in [0.25, 0.3) is 0 Å². The van der Waals surface area contributed by atoms with Crippen LogP contribution in [-0.4, -0.2) is 26.6 Å². The molecule has 1 saturated heterocycles. The number of aromatic nitrogens is 2. The summed E-state index contributed by atoms with van der Waals surface area (Å²) in [6.45, 7) is 5.66. The first-order valence-corrected chi connectivity index (χ1v) is 7.49. The van der Waals surface area contributed by atoms with Crippen LogP contribution in [0.1, 0.15) is 44.8 Å². The molecule has 1 N–H and O–H groups in total. The average Bonchev–Trinajstić information content (AvgIpc) is 2.89. The van der Waals surface area contributed by atoms with E-state index in [0.717, 1.165) is 6.54 Å². The fraction of sp³-hybridized carbons (Fsp3) is 0.769. The van der Waals surface area contributed by atoms with Crippen molar-refractivity contribution in [2.75, 3.05) is 12.3 Å². The molecule has 3 nitrogen and oxygen atoms in total. The van der Waals surface area contributed by atoms with E-state index in [1.807, 2.05) is 17.9 Å². The molecule has 1 aromatic heterocycles. The number of nitrogens with one attached hydrogen (secondary N) is 1. The number of rotatable bonds is 5. The van der Waals surface area contributed by atoms with Gasteiger partial charge in [-0.05, 0) is 38.5 Å². The Morgan fingerprint density at radius 1 is 1.65 bits per heavy atom. The van der Waals surface area contributed by atoms with Crippen molar-refractivity contribution >= 4 is 11.8 Å². The predicted molar refractivity (Wildman–Crippen MR) is 74.3 cm³/mol. The van der Waals surface area contributed by atoms with E-state index in [9.17, 15) is 0 Å². The van der Waals surface area contributed by atoms with Gasteiger partial charge in [0.1, 0.15) is 0 Å². The van der Waals surface area contributed by atoms with E-state index in [2.05, 4.69) is 42.1 Å². The third-order valence-corrected chi connectivity index (χ3v) is 5.07. The van der Waals surface area contributed by atoms with Crippen LogP contribution in [0.4, 0.5) is 0 Å². The highest BCUT2D eigenvalue weighted by atomic mass is 32.2. The van der Waals surface area contributed by atoms with Gasteiger partial charge in [0.05, 0.1) is 18.1 Å². The smallest absolute Gasteiger partial charge is 0.0947 e. The molecule has 17 heavy (non-hydrogen) atoms. The van der Waals surface area contributed by atoms with E-state index in [0.29, 0.717) is 10.8 Å². The zero-order chi connectivity index (χ0) is 12.3. The summed E-state index contributed by atoms with van der Waals surface area (Å²) in [5, 5.41) is 3.68. The average molecular weight is 253 g/mol. The fourth-order valence-electron chi connectivity index (χ4n) is 2.53. The first kappa shape index (κ1) is 13.0. The van der Waals surface area contributed by atoms with Crippen LogP contribution in [0, 0.1) is 0 Å². The summed E-state index contributed by atoms with van der Waals surface area (Å²) in [5.41, 5.74) is 1.19. The van der Waals surface area contributed by atoms with Crippen LogP contribution in [-0.2, 0) is 7.05 Å². The summed E-state index contributed by atoms with van der Waals surface area (Å²) in [7, 11) is 2.04. The Bertz CT molecular complexity index is 355. The van der Waals surface area contributed by atoms with Gasteiger partial charge in [0.2, 0.25) is 0 Å². The standard InChI is InChI=1S/C13H23N3S/c1-4-7-14-12(11-9-16(3)10-15-11)13(2)6-5-8-17-13/h9-10,12,14H,4-8H2,1-3H3. The highest BCUT2D eigenvalue weighted by Crippen LogP contribution is 2.46. The van der Waals surface area contributed by atoms with Crippen LogP contribution < -0.4 is 5.32 Å². The Morgan fingerprint density at radius 3 is 3.00 bits per heavy atom. The molecular weight excluding hydrogens is 230 g/mol. The highest BCUT2D eigenvalue weighted by Gasteiger charge is 2.39. The number of nitrogens with zero attached hydrogens (tertiary/aromatic N) is 2. The zero-order valence-corrected chi connectivity index (χ0v) is 11.9. The van der Waals surface area contributed by atoms with Crippen LogP contribution in [0.3, 0.4) is 0 Å². The monoisotopic (exact) mass is 253 g/mol. The number of imidazole rings is 1. The third kappa shape index (κ3) is 2.86. The maximum absolute atomic E-state index is 4.55. The molecule has 1 fully saturated rings. The Kier molecular flexibility index (Phi) is 4.15. The van der Waals surface area contributed by atoms with Crippen molar-refractivity contribution in [1.82, 2.24) is 14.9 Å². The van der Waals surface area contributed by atoms with Crippen molar-refractivity contribution in [3.8, 4) is 0 Å². The van der Waals surface area contributed by atoms with E-state index in [-0.39, 0.29) is 0 Å². The minimum absolute atomic E-state index is 0.309. The van der Waals surface area contributed by atoms with Gasteiger partial charge in [0.15, 0.2) is 0 Å². The van der Waals surface area contributed by atoms with Gasteiger partial charge >= 0.3 is 0 Å². The van der Waals surface area contributed by atoms with Crippen molar-refractivity contribution in [2.45, 2.75) is 43.9 Å². The number of aryl methyl sites for hydroxylation is 1. The maximum atomic E-state index is 4.55. The topological polar surface area (TPSA) is 29.9 Å². The van der Waals surface area contributed by atoms with E-state index in [1.165, 1.54) is 30.7 Å². The molecule has 2 unspecified atom stereocenters. The molecule has 0 saturated carbocycles. The summed E-state index contributed by atoms with van der Waals surface area (Å²) in [5.74, 6) is 1.29. The number of hydrogen-bond acceptors (Lipinski definition) is 3. The lowest BCUT2D eigenvalue weighted by molar-refractivity contribution is 0.406. The van der Waals surface area contributed by atoms with Crippen molar-refractivity contribution < 1.29 is 0 Å². The van der Waals surface area contributed by atoms with E-state index >= 15 is 0 Å². The molecule has 0 spiro atoms. The van der Waals surface area contributed by atoms with Crippen LogP contribution >= 0.6 is 11.8 Å². The second-order valence-corrected chi connectivity index (χ2v) is 6.75. The highest BCUT2D eigenvalue weighted by molar-refractivity contribution is 8.00. The van der Waals surface area contributed by atoms with Gasteiger partial charge < -0.3 is 9.88 Å². The molecule has 4 heteroatoms. The van der Waals surface area contributed by atoms with Gasteiger partial charge in [0, 0.05) is 18.0 Å². The van der Waals surface area contributed by atoms with Gasteiger partial charge in [-0.3, -0.25) is 0 Å². The van der Waals surface area contributed by atoms with Gasteiger partial charge in [-0.1, -0.05) is 6.92 Å². The minimum Gasteiger partial charge on any atom is -0.340 e. The van der Waals surface area contributed by atoms with Crippen LogP contribution in [0.5, 0.6) is 0 Å². The SMILES string of the molecule is CCCNC(c1cn(C)cn1)C1(C)CCCS1. The van der Waals surface area contributed by atoms with E-state index < -0.39 is 0 Å². The van der Waals surface area contributed by atoms with Crippen LogP contribution in [0.2, 0.25) is 0 Å². The van der Waals surface area contributed by atoms with E-state index in [1.54, 1.807) is 0 Å². The Morgan fingerprint density at radius 2 is 2.47 bits per heavy atom. The van der Waals surface area contributed by atoms with Crippen molar-refractivity contribution in [2.24, 2.45) is 7.05 Å². The number of thioether (sulfide) groups is 1. The molecular formula is C13H23N3S. The molecule has 2 atom stereocenters. The van der Waals surface area contributed by atoms with Gasteiger partial charge in [0.25, 0.3) is 0 Å². The normalized spacial score (nSPS) is 26.3. The molecule has 1 aromatic rings. The van der Waals surface area contributed by atoms with Gasteiger partial charge in [-0.2, -0.15) is 11.8 Å². The fourth-order valence-corrected chi connectivity index (χ4v) is 3.95. The third-order valence-electron chi connectivity index (χ3n) is 3.48. The second kappa shape index (κ2) is 5.44. The summed E-state index contributed by atoms with van der Waals surface area (Å²) < 4.78 is 2.35. The molecule has 1 aliphatic heterocycles. The summed E-state index contributed by atoms with van der Waals surface area (Å²) in [6, 6.07) is 0.385. The molecule has 96 valence electrons. The zero-order valence-electron chi connectivity index (χ0n) is 11.1. The molecule has 0 bridgehead atoms. The van der Waals surface area contributed by atoms with E-state index in [4.69, 9.17) is 0 Å². The Balaban J connectivity index is 2.18. The predicted octanol–water partition coefficient (Wildman–Crippen LogP) is 2.75. The van der Waals surface area contributed by atoms with Gasteiger partial charge in [-0.15, -0.1) is 0 Å². The molecule has 1 aliphatic rings.